The Morgan fingerprint density at radius 3 is 2.29 bits per heavy atom. The van der Waals surface area contributed by atoms with E-state index in [1.165, 1.54) is 0 Å². The predicted molar refractivity (Wildman–Crippen MR) is 63.3 cm³/mol. The second-order valence-corrected chi connectivity index (χ2v) is 4.07. The third kappa shape index (κ3) is 1.57. The molecule has 0 heterocycles. The van der Waals surface area contributed by atoms with Gasteiger partial charge < -0.3 is 0 Å². The summed E-state index contributed by atoms with van der Waals surface area (Å²) in [7, 11) is 0. The minimum Gasteiger partial charge on any atom is -0.258 e. The van der Waals surface area contributed by atoms with E-state index in [2.05, 4.69) is 0 Å². The molecule has 0 aliphatic heterocycles. The molecule has 14 heavy (non-hydrogen) atoms. The average molecular weight is 299 g/mol. The van der Waals surface area contributed by atoms with Gasteiger partial charge >= 0.3 is 0 Å². The quantitative estimate of drug-likeness (QED) is 0.460. The number of fused-ring (bicyclic) bond motifs is 1. The van der Waals surface area contributed by atoms with Gasteiger partial charge in [-0.3, -0.25) is 10.1 Å². The van der Waals surface area contributed by atoms with Crippen LogP contribution in [0.2, 0.25) is 0 Å². The number of nitro groups is 1. The van der Waals surface area contributed by atoms with Crippen LogP contribution in [0.1, 0.15) is 0 Å². The Balaban J connectivity index is 2.77. The second-order valence-electron chi connectivity index (χ2n) is 2.91. The van der Waals surface area contributed by atoms with E-state index in [-0.39, 0.29) is 10.6 Å². The molecule has 0 saturated carbocycles. The van der Waals surface area contributed by atoms with Gasteiger partial charge in [-0.05, 0) is 39.4 Å². The summed E-state index contributed by atoms with van der Waals surface area (Å²) >= 11 is 1.98. The Bertz CT molecular complexity index is 510. The zero-order chi connectivity index (χ0) is 10.1. The molecule has 0 aromatic heterocycles. The van der Waals surface area contributed by atoms with E-state index in [1.807, 2.05) is 52.9 Å². The molecule has 0 atom stereocenters. The van der Waals surface area contributed by atoms with E-state index in [0.717, 1.165) is 10.8 Å². The molecule has 0 radical (unpaired) electrons. The first-order valence-corrected chi connectivity index (χ1v) is 5.09. The molecular weight excluding hydrogens is 293 g/mol. The fourth-order valence-corrected chi connectivity index (χ4v) is 2.03. The molecule has 0 fully saturated rings. The lowest BCUT2D eigenvalue weighted by Gasteiger charge is -1.99. The van der Waals surface area contributed by atoms with Crippen LogP contribution in [0.25, 0.3) is 10.8 Å². The van der Waals surface area contributed by atoms with E-state index in [4.69, 9.17) is 0 Å². The lowest BCUT2D eigenvalue weighted by Crippen LogP contribution is -1.91. The topological polar surface area (TPSA) is 43.1 Å². The first-order valence-electron chi connectivity index (χ1n) is 4.01. The van der Waals surface area contributed by atoms with Gasteiger partial charge in [0.15, 0.2) is 0 Å². The van der Waals surface area contributed by atoms with Gasteiger partial charge in [0.25, 0.3) is 5.69 Å². The van der Waals surface area contributed by atoms with Crippen LogP contribution in [0.15, 0.2) is 36.4 Å². The molecule has 3 nitrogen and oxygen atoms in total. The molecule has 0 aliphatic carbocycles. The van der Waals surface area contributed by atoms with E-state index >= 15 is 0 Å². The molecule has 0 amide bonds. The molecule has 0 aliphatic rings. The highest BCUT2D eigenvalue weighted by Gasteiger charge is 2.11. The molecular formula is C10H6INO2. The average Bonchev–Trinajstić information content (AvgIpc) is 2.16. The lowest BCUT2D eigenvalue weighted by molar-refractivity contribution is -0.385. The van der Waals surface area contributed by atoms with Crippen molar-refractivity contribution in [3.8, 4) is 0 Å². The molecule has 0 N–H and O–H groups in total. The summed E-state index contributed by atoms with van der Waals surface area (Å²) in [6.45, 7) is 0. The van der Waals surface area contributed by atoms with Gasteiger partial charge in [0, 0.05) is 6.07 Å². The summed E-state index contributed by atoms with van der Waals surface area (Å²) < 4.78 is 0.673. The molecule has 70 valence electrons. The van der Waals surface area contributed by atoms with Crippen molar-refractivity contribution in [2.24, 2.45) is 0 Å². The van der Waals surface area contributed by atoms with Gasteiger partial charge in [0.1, 0.15) is 0 Å². The Morgan fingerprint density at radius 2 is 1.71 bits per heavy atom. The minimum atomic E-state index is -0.353. The number of rotatable bonds is 1. The molecule has 2 aromatic rings. The minimum absolute atomic E-state index is 0.171. The highest BCUT2D eigenvalue weighted by Crippen LogP contribution is 2.26. The van der Waals surface area contributed by atoms with Crippen molar-refractivity contribution in [1.82, 2.24) is 0 Å². The van der Waals surface area contributed by atoms with E-state index in [0.29, 0.717) is 3.57 Å². The van der Waals surface area contributed by atoms with Crippen molar-refractivity contribution in [2.75, 3.05) is 0 Å². The summed E-state index contributed by atoms with van der Waals surface area (Å²) in [5, 5.41) is 12.6. The van der Waals surface area contributed by atoms with Crippen LogP contribution in [0, 0.1) is 13.7 Å². The van der Waals surface area contributed by atoms with Crippen LogP contribution in [0.4, 0.5) is 5.69 Å². The Kier molecular flexibility index (Phi) is 2.37. The van der Waals surface area contributed by atoms with E-state index in [9.17, 15) is 10.1 Å². The second kappa shape index (κ2) is 3.53. The van der Waals surface area contributed by atoms with Gasteiger partial charge in [0.2, 0.25) is 0 Å². The molecule has 2 rings (SSSR count). The first-order chi connectivity index (χ1) is 6.68. The van der Waals surface area contributed by atoms with Crippen LogP contribution in [0.5, 0.6) is 0 Å². The lowest BCUT2D eigenvalue weighted by atomic mass is 10.1. The number of hydrogen-bond donors (Lipinski definition) is 0. The van der Waals surface area contributed by atoms with Crippen molar-refractivity contribution in [3.05, 3.63) is 50.1 Å². The largest absolute Gasteiger partial charge is 0.283 e. The fourth-order valence-electron chi connectivity index (χ4n) is 1.34. The zero-order valence-electron chi connectivity index (χ0n) is 7.11. The molecule has 0 unspecified atom stereocenters. The highest BCUT2D eigenvalue weighted by molar-refractivity contribution is 14.1. The highest BCUT2D eigenvalue weighted by atomic mass is 127. The van der Waals surface area contributed by atoms with Crippen LogP contribution < -0.4 is 0 Å². The molecule has 2 aromatic carbocycles. The summed E-state index contributed by atoms with van der Waals surface area (Å²) in [6.07, 6.45) is 0. The fraction of sp³-hybridized carbons (Fsp3) is 0. The van der Waals surface area contributed by atoms with Crippen LogP contribution in [-0.4, -0.2) is 4.92 Å². The van der Waals surface area contributed by atoms with Crippen molar-refractivity contribution in [1.29, 1.82) is 0 Å². The van der Waals surface area contributed by atoms with Crippen LogP contribution in [0.3, 0.4) is 0 Å². The number of nitro benzene ring substituents is 1. The third-order valence-corrected chi connectivity index (χ3v) is 2.88. The number of halogens is 1. The Hall–Kier alpha value is -1.17. The van der Waals surface area contributed by atoms with Crippen molar-refractivity contribution in [3.63, 3.8) is 0 Å². The van der Waals surface area contributed by atoms with Crippen molar-refractivity contribution >= 4 is 39.1 Å². The van der Waals surface area contributed by atoms with E-state index in [1.54, 1.807) is 6.07 Å². The normalized spacial score (nSPS) is 10.4. The standard InChI is InChI=1S/C10H6INO2/c11-9-5-7-3-1-2-4-8(7)6-10(9)12(13)14/h1-6H. The van der Waals surface area contributed by atoms with Crippen LogP contribution in [-0.2, 0) is 0 Å². The maximum absolute atomic E-state index is 10.7. The maximum Gasteiger partial charge on any atom is 0.283 e. The van der Waals surface area contributed by atoms with E-state index < -0.39 is 0 Å². The summed E-state index contributed by atoms with van der Waals surface area (Å²) in [6, 6.07) is 11.0. The van der Waals surface area contributed by atoms with Gasteiger partial charge in [-0.2, -0.15) is 0 Å². The Labute approximate surface area is 94.0 Å². The molecule has 4 heteroatoms. The van der Waals surface area contributed by atoms with Gasteiger partial charge in [-0.15, -0.1) is 0 Å². The van der Waals surface area contributed by atoms with Crippen molar-refractivity contribution < 1.29 is 4.92 Å². The van der Waals surface area contributed by atoms with Crippen LogP contribution >= 0.6 is 22.6 Å². The Morgan fingerprint density at radius 1 is 1.14 bits per heavy atom. The number of nitrogens with zero attached hydrogens (tertiary/aromatic N) is 1. The van der Waals surface area contributed by atoms with Gasteiger partial charge in [0.05, 0.1) is 8.49 Å². The number of hydrogen-bond acceptors (Lipinski definition) is 2. The smallest absolute Gasteiger partial charge is 0.258 e. The first kappa shape index (κ1) is 9.39. The molecule has 0 bridgehead atoms. The number of benzene rings is 2. The summed E-state index contributed by atoms with van der Waals surface area (Å²) in [5.41, 5.74) is 0.171. The van der Waals surface area contributed by atoms with Crippen molar-refractivity contribution in [2.45, 2.75) is 0 Å². The predicted octanol–water partition coefficient (Wildman–Crippen LogP) is 3.35. The maximum atomic E-state index is 10.7. The SMILES string of the molecule is O=[N+]([O-])c1cc2ccccc2cc1I. The molecule has 0 spiro atoms. The summed E-state index contributed by atoms with van der Waals surface area (Å²) in [5.74, 6) is 0. The summed E-state index contributed by atoms with van der Waals surface area (Å²) in [4.78, 5) is 10.3. The zero-order valence-corrected chi connectivity index (χ0v) is 9.26. The molecule has 0 saturated heterocycles. The third-order valence-electron chi connectivity index (χ3n) is 2.01. The van der Waals surface area contributed by atoms with Gasteiger partial charge in [-0.1, -0.05) is 24.3 Å². The van der Waals surface area contributed by atoms with Gasteiger partial charge in [-0.25, -0.2) is 0 Å². The monoisotopic (exact) mass is 299 g/mol.